The Morgan fingerprint density at radius 3 is 2.42 bits per heavy atom. The summed E-state index contributed by atoms with van der Waals surface area (Å²) in [6.45, 7) is 4.55. The van der Waals surface area contributed by atoms with E-state index in [1.165, 1.54) is 5.56 Å². The maximum atomic E-state index is 12.1. The molecular weight excluding hydrogens is 300 g/mol. The molecule has 0 saturated carbocycles. The standard InChI is InChI=1S/C19H20N4O/c24-19-18(16-8-4-5-9-17(16)20-19)21-23-12-10-22(11-13-23)14-15-6-2-1-3-7-15/h1-9H,10-14H2,(H,20,21,24). The summed E-state index contributed by atoms with van der Waals surface area (Å²) in [5.74, 6) is -0.108. The van der Waals surface area contributed by atoms with Crippen molar-refractivity contribution in [2.24, 2.45) is 5.10 Å². The number of carbonyl (C=O) groups is 1. The molecule has 0 atom stereocenters. The van der Waals surface area contributed by atoms with Crippen LogP contribution in [-0.4, -0.2) is 47.7 Å². The lowest BCUT2D eigenvalue weighted by Gasteiger charge is -2.33. The Hall–Kier alpha value is -2.66. The number of para-hydroxylation sites is 1. The van der Waals surface area contributed by atoms with Crippen LogP contribution in [0.4, 0.5) is 5.69 Å². The van der Waals surface area contributed by atoms with Crippen molar-refractivity contribution < 1.29 is 4.79 Å². The smallest absolute Gasteiger partial charge is 0.276 e. The Bertz CT molecular complexity index is 764. The van der Waals surface area contributed by atoms with Gasteiger partial charge in [-0.05, 0) is 11.6 Å². The second-order valence-electron chi connectivity index (χ2n) is 6.16. The van der Waals surface area contributed by atoms with Crippen molar-refractivity contribution in [3.05, 3.63) is 65.7 Å². The number of carbonyl (C=O) groups excluding carboxylic acids is 1. The molecule has 0 bridgehead atoms. The maximum Gasteiger partial charge on any atom is 0.276 e. The molecule has 4 rings (SSSR count). The van der Waals surface area contributed by atoms with E-state index in [4.69, 9.17) is 0 Å². The van der Waals surface area contributed by atoms with E-state index in [0.29, 0.717) is 5.71 Å². The Balaban J connectivity index is 1.41. The molecule has 2 aliphatic heterocycles. The van der Waals surface area contributed by atoms with E-state index >= 15 is 0 Å². The predicted molar refractivity (Wildman–Crippen MR) is 94.9 cm³/mol. The molecule has 1 fully saturated rings. The molecule has 0 radical (unpaired) electrons. The fourth-order valence-electron chi connectivity index (χ4n) is 3.18. The predicted octanol–water partition coefficient (Wildman–Crippen LogP) is 2.16. The number of anilines is 1. The summed E-state index contributed by atoms with van der Waals surface area (Å²) in [7, 11) is 0. The third-order valence-electron chi connectivity index (χ3n) is 4.48. The van der Waals surface area contributed by atoms with E-state index in [1.54, 1.807) is 0 Å². The number of fused-ring (bicyclic) bond motifs is 1. The van der Waals surface area contributed by atoms with Crippen molar-refractivity contribution >= 4 is 17.3 Å². The molecule has 1 saturated heterocycles. The Morgan fingerprint density at radius 1 is 0.917 bits per heavy atom. The quantitative estimate of drug-likeness (QED) is 0.943. The first kappa shape index (κ1) is 14.9. The molecule has 122 valence electrons. The SMILES string of the molecule is O=C1Nc2ccccc2C1=NN1CCN(Cc2ccccc2)CC1. The van der Waals surface area contributed by atoms with E-state index in [0.717, 1.165) is 44.0 Å². The van der Waals surface area contributed by atoms with Crippen molar-refractivity contribution in [2.45, 2.75) is 6.54 Å². The Kier molecular flexibility index (Phi) is 4.01. The van der Waals surface area contributed by atoms with Gasteiger partial charge in [0.15, 0.2) is 5.71 Å². The summed E-state index contributed by atoms with van der Waals surface area (Å²) in [6.07, 6.45) is 0. The molecule has 0 unspecified atom stereocenters. The van der Waals surface area contributed by atoms with Crippen LogP contribution >= 0.6 is 0 Å². The normalized spacial score (nSPS) is 19.4. The first-order chi connectivity index (χ1) is 11.8. The molecule has 0 aromatic heterocycles. The van der Waals surface area contributed by atoms with E-state index in [9.17, 15) is 4.79 Å². The summed E-state index contributed by atoms with van der Waals surface area (Å²) >= 11 is 0. The fourth-order valence-corrected chi connectivity index (χ4v) is 3.18. The first-order valence-corrected chi connectivity index (χ1v) is 8.30. The molecule has 2 aromatic rings. The second kappa shape index (κ2) is 6.45. The van der Waals surface area contributed by atoms with Crippen LogP contribution in [-0.2, 0) is 11.3 Å². The highest BCUT2D eigenvalue weighted by molar-refractivity contribution is 6.53. The van der Waals surface area contributed by atoms with Gasteiger partial charge < -0.3 is 5.32 Å². The highest BCUT2D eigenvalue weighted by Crippen LogP contribution is 2.23. The van der Waals surface area contributed by atoms with Crippen LogP contribution in [0, 0.1) is 0 Å². The van der Waals surface area contributed by atoms with Gasteiger partial charge in [0.25, 0.3) is 5.91 Å². The zero-order valence-electron chi connectivity index (χ0n) is 13.5. The van der Waals surface area contributed by atoms with Gasteiger partial charge in [-0.1, -0.05) is 48.5 Å². The molecule has 2 aromatic carbocycles. The van der Waals surface area contributed by atoms with Crippen molar-refractivity contribution in [3.63, 3.8) is 0 Å². The van der Waals surface area contributed by atoms with Gasteiger partial charge in [0.2, 0.25) is 0 Å². The number of hydrogen-bond donors (Lipinski definition) is 1. The van der Waals surface area contributed by atoms with Crippen molar-refractivity contribution in [1.29, 1.82) is 0 Å². The van der Waals surface area contributed by atoms with Crippen LogP contribution in [0.3, 0.4) is 0 Å². The molecule has 5 heteroatoms. The van der Waals surface area contributed by atoms with Crippen LogP contribution in [0.25, 0.3) is 0 Å². The lowest BCUT2D eigenvalue weighted by molar-refractivity contribution is -0.110. The third-order valence-corrected chi connectivity index (χ3v) is 4.48. The monoisotopic (exact) mass is 320 g/mol. The molecule has 5 nitrogen and oxygen atoms in total. The van der Waals surface area contributed by atoms with Crippen LogP contribution in [0.15, 0.2) is 59.7 Å². The number of hydrazone groups is 1. The summed E-state index contributed by atoms with van der Waals surface area (Å²) in [5, 5.41) is 9.49. The molecule has 2 aliphatic rings. The van der Waals surface area contributed by atoms with E-state index < -0.39 is 0 Å². The average Bonchev–Trinajstić information content (AvgIpc) is 2.93. The van der Waals surface area contributed by atoms with Gasteiger partial charge in [-0.3, -0.25) is 14.7 Å². The summed E-state index contributed by atoms with van der Waals surface area (Å²) in [4.78, 5) is 14.6. The largest absolute Gasteiger partial charge is 0.320 e. The zero-order valence-corrected chi connectivity index (χ0v) is 13.5. The van der Waals surface area contributed by atoms with Crippen LogP contribution in [0.2, 0.25) is 0 Å². The number of nitrogens with zero attached hydrogens (tertiary/aromatic N) is 3. The van der Waals surface area contributed by atoms with E-state index in [-0.39, 0.29) is 5.91 Å². The molecule has 1 N–H and O–H groups in total. The molecule has 0 spiro atoms. The summed E-state index contributed by atoms with van der Waals surface area (Å²) < 4.78 is 0. The van der Waals surface area contributed by atoms with Crippen LogP contribution < -0.4 is 5.32 Å². The minimum absolute atomic E-state index is 0.108. The highest BCUT2D eigenvalue weighted by Gasteiger charge is 2.27. The molecular formula is C19H20N4O. The second-order valence-corrected chi connectivity index (χ2v) is 6.16. The average molecular weight is 320 g/mol. The van der Waals surface area contributed by atoms with E-state index in [2.05, 4.69) is 39.6 Å². The minimum atomic E-state index is -0.108. The van der Waals surface area contributed by atoms with Gasteiger partial charge >= 0.3 is 0 Å². The highest BCUT2D eigenvalue weighted by atomic mass is 16.2. The number of rotatable bonds is 3. The lowest BCUT2D eigenvalue weighted by atomic mass is 10.1. The topological polar surface area (TPSA) is 47.9 Å². The number of hydrogen-bond acceptors (Lipinski definition) is 4. The summed E-state index contributed by atoms with van der Waals surface area (Å²) in [6, 6.07) is 18.2. The first-order valence-electron chi connectivity index (χ1n) is 8.30. The van der Waals surface area contributed by atoms with Crippen molar-refractivity contribution in [3.8, 4) is 0 Å². The lowest BCUT2D eigenvalue weighted by Crippen LogP contribution is -2.44. The molecule has 0 aliphatic carbocycles. The number of amides is 1. The van der Waals surface area contributed by atoms with Gasteiger partial charge in [0.05, 0.1) is 5.69 Å². The number of piperazine rings is 1. The fraction of sp³-hybridized carbons (Fsp3) is 0.263. The van der Waals surface area contributed by atoms with Crippen LogP contribution in [0.1, 0.15) is 11.1 Å². The zero-order chi connectivity index (χ0) is 16.4. The van der Waals surface area contributed by atoms with Crippen molar-refractivity contribution in [2.75, 3.05) is 31.5 Å². The minimum Gasteiger partial charge on any atom is -0.320 e. The molecule has 2 heterocycles. The van der Waals surface area contributed by atoms with Gasteiger partial charge in [-0.2, -0.15) is 5.10 Å². The number of nitrogens with one attached hydrogen (secondary N) is 1. The van der Waals surface area contributed by atoms with Gasteiger partial charge in [-0.15, -0.1) is 0 Å². The third kappa shape index (κ3) is 3.03. The Morgan fingerprint density at radius 2 is 1.62 bits per heavy atom. The molecule has 1 amide bonds. The van der Waals surface area contributed by atoms with Gasteiger partial charge in [0.1, 0.15) is 0 Å². The Labute approximate surface area is 141 Å². The maximum absolute atomic E-state index is 12.1. The van der Waals surface area contributed by atoms with Gasteiger partial charge in [0, 0.05) is 38.3 Å². The van der Waals surface area contributed by atoms with Crippen LogP contribution in [0.5, 0.6) is 0 Å². The van der Waals surface area contributed by atoms with Crippen molar-refractivity contribution in [1.82, 2.24) is 9.91 Å². The summed E-state index contributed by atoms with van der Waals surface area (Å²) in [5.41, 5.74) is 3.61. The van der Waals surface area contributed by atoms with Gasteiger partial charge in [-0.25, -0.2) is 0 Å². The number of benzene rings is 2. The van der Waals surface area contributed by atoms with E-state index in [1.807, 2.05) is 35.3 Å². The molecule has 24 heavy (non-hydrogen) atoms.